The monoisotopic (exact) mass is 394 g/mol. The van der Waals surface area contributed by atoms with Gasteiger partial charge in [-0.2, -0.15) is 0 Å². The Balaban J connectivity index is 1.36. The molecule has 0 aliphatic heterocycles. The van der Waals surface area contributed by atoms with Crippen LogP contribution in [0.25, 0.3) is 10.9 Å². The van der Waals surface area contributed by atoms with Crippen molar-refractivity contribution in [2.75, 3.05) is 11.1 Å². The molecular weight excluding hydrogens is 372 g/mol. The van der Waals surface area contributed by atoms with Gasteiger partial charge in [-0.05, 0) is 62.1 Å². The molecule has 4 rings (SSSR count). The van der Waals surface area contributed by atoms with E-state index in [4.69, 9.17) is 17.3 Å². The van der Waals surface area contributed by atoms with Crippen LogP contribution in [0.5, 0.6) is 0 Å². The van der Waals surface area contributed by atoms with Crippen molar-refractivity contribution in [2.24, 2.45) is 0 Å². The number of halogens is 1. The number of para-hydroxylation sites is 1. The number of hydrogen-bond acceptors (Lipinski definition) is 4. The first-order valence-electron chi connectivity index (χ1n) is 9.56. The molecule has 0 unspecified atom stereocenters. The highest BCUT2D eigenvalue weighted by atomic mass is 35.5. The van der Waals surface area contributed by atoms with Crippen LogP contribution in [0.4, 0.5) is 11.4 Å². The van der Waals surface area contributed by atoms with Gasteiger partial charge in [0.05, 0.1) is 11.1 Å². The zero-order chi connectivity index (χ0) is 19.5. The Morgan fingerprint density at radius 3 is 2.57 bits per heavy atom. The molecule has 5 nitrogen and oxygen atoms in total. The predicted molar refractivity (Wildman–Crippen MR) is 115 cm³/mol. The van der Waals surface area contributed by atoms with Crippen molar-refractivity contribution in [3.63, 3.8) is 0 Å². The van der Waals surface area contributed by atoms with Gasteiger partial charge in [0.15, 0.2) is 0 Å². The van der Waals surface area contributed by atoms with E-state index in [-0.39, 0.29) is 11.9 Å². The molecule has 0 spiro atoms. The van der Waals surface area contributed by atoms with Gasteiger partial charge in [0.2, 0.25) is 0 Å². The number of amides is 1. The second kappa shape index (κ2) is 8.07. The Labute approximate surface area is 169 Å². The van der Waals surface area contributed by atoms with Crippen LogP contribution in [0, 0.1) is 0 Å². The number of hydrogen-bond donors (Lipinski definition) is 3. The molecule has 2 aromatic carbocycles. The SMILES string of the molecule is Nc1ccccc1C(=O)N[C@H]1CC[C@@H](Nc2ccnc3cc(Cl)ccc23)CC1. The molecule has 0 radical (unpaired) electrons. The van der Waals surface area contributed by atoms with Crippen LogP contribution in [0.2, 0.25) is 5.02 Å². The smallest absolute Gasteiger partial charge is 0.253 e. The third-order valence-corrected chi connectivity index (χ3v) is 5.57. The number of aromatic nitrogens is 1. The summed E-state index contributed by atoms with van der Waals surface area (Å²) >= 11 is 6.07. The van der Waals surface area contributed by atoms with E-state index in [0.717, 1.165) is 42.3 Å². The van der Waals surface area contributed by atoms with Crippen molar-refractivity contribution in [1.82, 2.24) is 10.3 Å². The fourth-order valence-electron chi connectivity index (χ4n) is 3.82. The fraction of sp³-hybridized carbons (Fsp3) is 0.273. The number of anilines is 2. The Hall–Kier alpha value is -2.79. The van der Waals surface area contributed by atoms with Crippen LogP contribution >= 0.6 is 11.6 Å². The maximum Gasteiger partial charge on any atom is 0.253 e. The molecule has 1 heterocycles. The van der Waals surface area contributed by atoms with Crippen molar-refractivity contribution >= 4 is 39.8 Å². The minimum Gasteiger partial charge on any atom is -0.398 e. The summed E-state index contributed by atoms with van der Waals surface area (Å²) in [5.41, 5.74) is 8.93. The Morgan fingerprint density at radius 2 is 1.79 bits per heavy atom. The molecule has 0 atom stereocenters. The molecule has 28 heavy (non-hydrogen) atoms. The molecule has 1 amide bonds. The van der Waals surface area contributed by atoms with E-state index in [1.54, 1.807) is 18.3 Å². The van der Waals surface area contributed by atoms with Crippen molar-refractivity contribution in [1.29, 1.82) is 0 Å². The Bertz CT molecular complexity index is 999. The van der Waals surface area contributed by atoms with Gasteiger partial charge in [0.25, 0.3) is 5.91 Å². The minimum absolute atomic E-state index is 0.0912. The van der Waals surface area contributed by atoms with E-state index < -0.39 is 0 Å². The van der Waals surface area contributed by atoms with Gasteiger partial charge in [0, 0.05) is 40.1 Å². The first-order valence-corrected chi connectivity index (χ1v) is 9.94. The maximum atomic E-state index is 12.5. The number of pyridine rings is 1. The lowest BCUT2D eigenvalue weighted by Crippen LogP contribution is -2.40. The third kappa shape index (κ3) is 4.04. The number of nitrogens with two attached hydrogens (primary N) is 1. The van der Waals surface area contributed by atoms with Crippen LogP contribution in [0.3, 0.4) is 0 Å². The molecule has 6 heteroatoms. The first kappa shape index (κ1) is 18.6. The quantitative estimate of drug-likeness (QED) is 0.564. The fourth-order valence-corrected chi connectivity index (χ4v) is 3.98. The van der Waals surface area contributed by atoms with Gasteiger partial charge in [-0.1, -0.05) is 23.7 Å². The lowest BCUT2D eigenvalue weighted by atomic mass is 9.90. The van der Waals surface area contributed by atoms with E-state index in [1.165, 1.54) is 0 Å². The molecule has 1 saturated carbocycles. The minimum atomic E-state index is -0.0912. The highest BCUT2D eigenvalue weighted by Gasteiger charge is 2.23. The summed E-state index contributed by atoms with van der Waals surface area (Å²) in [6.07, 6.45) is 5.66. The van der Waals surface area contributed by atoms with Crippen LogP contribution in [-0.4, -0.2) is 23.0 Å². The number of carbonyl (C=O) groups is 1. The standard InChI is InChI=1S/C22H23ClN4O/c23-14-5-10-18-20(11-12-25-21(18)13-14)26-15-6-8-16(9-7-15)27-22(28)17-3-1-2-4-19(17)24/h1-5,10-13,15-16H,6-9,24H2,(H,25,26)(H,27,28)/t15-,16+. The van der Waals surface area contributed by atoms with E-state index in [2.05, 4.69) is 15.6 Å². The Morgan fingerprint density at radius 1 is 1.04 bits per heavy atom. The molecule has 1 aromatic heterocycles. The highest BCUT2D eigenvalue weighted by Crippen LogP contribution is 2.28. The van der Waals surface area contributed by atoms with Crippen LogP contribution in [0.1, 0.15) is 36.0 Å². The topological polar surface area (TPSA) is 80.0 Å². The molecule has 1 aliphatic carbocycles. The van der Waals surface area contributed by atoms with E-state index in [9.17, 15) is 4.79 Å². The number of benzene rings is 2. The molecule has 144 valence electrons. The molecule has 1 fully saturated rings. The second-order valence-corrected chi connectivity index (χ2v) is 7.71. The summed E-state index contributed by atoms with van der Waals surface area (Å²) in [7, 11) is 0. The van der Waals surface area contributed by atoms with E-state index >= 15 is 0 Å². The molecule has 3 aromatic rings. The lowest BCUT2D eigenvalue weighted by Gasteiger charge is -2.30. The average molecular weight is 395 g/mol. The van der Waals surface area contributed by atoms with E-state index in [1.807, 2.05) is 36.4 Å². The normalized spacial score (nSPS) is 19.3. The number of nitrogens with one attached hydrogen (secondary N) is 2. The number of fused-ring (bicyclic) bond motifs is 1. The summed E-state index contributed by atoms with van der Waals surface area (Å²) in [5, 5.41) is 8.53. The highest BCUT2D eigenvalue weighted by molar-refractivity contribution is 6.31. The van der Waals surface area contributed by atoms with Crippen molar-refractivity contribution < 1.29 is 4.79 Å². The largest absolute Gasteiger partial charge is 0.398 e. The summed E-state index contributed by atoms with van der Waals surface area (Å²) in [4.78, 5) is 16.8. The van der Waals surface area contributed by atoms with Gasteiger partial charge >= 0.3 is 0 Å². The molecule has 4 N–H and O–H groups in total. The molecule has 0 bridgehead atoms. The zero-order valence-corrected chi connectivity index (χ0v) is 16.2. The summed E-state index contributed by atoms with van der Waals surface area (Å²) in [5.74, 6) is -0.0912. The summed E-state index contributed by atoms with van der Waals surface area (Å²) < 4.78 is 0. The summed E-state index contributed by atoms with van der Waals surface area (Å²) in [6.45, 7) is 0. The first-order chi connectivity index (χ1) is 13.6. The number of rotatable bonds is 4. The summed E-state index contributed by atoms with van der Waals surface area (Å²) in [6, 6.07) is 15.5. The van der Waals surface area contributed by atoms with Gasteiger partial charge in [-0.15, -0.1) is 0 Å². The lowest BCUT2D eigenvalue weighted by molar-refractivity contribution is 0.0927. The van der Waals surface area contributed by atoms with Crippen molar-refractivity contribution in [2.45, 2.75) is 37.8 Å². The van der Waals surface area contributed by atoms with Crippen molar-refractivity contribution in [3.05, 3.63) is 65.3 Å². The van der Waals surface area contributed by atoms with Crippen LogP contribution < -0.4 is 16.4 Å². The van der Waals surface area contributed by atoms with Gasteiger partial charge in [-0.3, -0.25) is 9.78 Å². The zero-order valence-electron chi connectivity index (χ0n) is 15.5. The predicted octanol–water partition coefficient (Wildman–Crippen LogP) is 4.62. The number of nitrogen functional groups attached to an aromatic ring is 1. The molecule has 0 saturated heterocycles. The molecular formula is C22H23ClN4O. The van der Waals surface area contributed by atoms with Crippen LogP contribution in [0.15, 0.2) is 54.7 Å². The van der Waals surface area contributed by atoms with Gasteiger partial charge in [0.1, 0.15) is 0 Å². The maximum absolute atomic E-state index is 12.5. The average Bonchev–Trinajstić information content (AvgIpc) is 2.69. The third-order valence-electron chi connectivity index (χ3n) is 5.33. The van der Waals surface area contributed by atoms with Gasteiger partial charge in [-0.25, -0.2) is 0 Å². The number of carbonyl (C=O) groups excluding carboxylic acids is 1. The van der Waals surface area contributed by atoms with Crippen LogP contribution in [-0.2, 0) is 0 Å². The van der Waals surface area contributed by atoms with E-state index in [0.29, 0.717) is 22.3 Å². The molecule has 1 aliphatic rings. The van der Waals surface area contributed by atoms with Gasteiger partial charge < -0.3 is 16.4 Å². The van der Waals surface area contributed by atoms with Crippen molar-refractivity contribution in [3.8, 4) is 0 Å². The number of nitrogens with zero attached hydrogens (tertiary/aromatic N) is 1. The Kier molecular flexibility index (Phi) is 5.35. The second-order valence-electron chi connectivity index (χ2n) is 7.27.